The molecule has 90 valence electrons. The van der Waals surface area contributed by atoms with Gasteiger partial charge in [-0.1, -0.05) is 46.0 Å². The third-order valence-electron chi connectivity index (χ3n) is 3.44. The third-order valence-corrected chi connectivity index (χ3v) is 3.44. The maximum Gasteiger partial charge on any atom is 0.0193 e. The van der Waals surface area contributed by atoms with Crippen molar-refractivity contribution >= 4 is 0 Å². The summed E-state index contributed by atoms with van der Waals surface area (Å²) >= 11 is 0. The Hall–Kier alpha value is -0.0800. The van der Waals surface area contributed by atoms with Crippen LogP contribution in [0.25, 0.3) is 0 Å². The van der Waals surface area contributed by atoms with Gasteiger partial charge in [0.25, 0.3) is 0 Å². The topological polar surface area (TPSA) is 38.0 Å². The molecule has 0 aromatic carbocycles. The standard InChI is InChI=1S/C13H28N2/c1-11(2)10-15-13(9-14)8-12-6-4-3-5-7-12/h11-13,15H,3-10,14H2,1-2H3. The van der Waals surface area contributed by atoms with Gasteiger partial charge in [-0.15, -0.1) is 0 Å². The normalized spacial score (nSPS) is 20.8. The minimum atomic E-state index is 0.551. The van der Waals surface area contributed by atoms with Crippen molar-refractivity contribution < 1.29 is 0 Å². The predicted molar refractivity (Wildman–Crippen MR) is 66.9 cm³/mol. The first kappa shape index (κ1) is 13.0. The summed E-state index contributed by atoms with van der Waals surface area (Å²) in [5.74, 6) is 1.66. The van der Waals surface area contributed by atoms with Gasteiger partial charge in [-0.2, -0.15) is 0 Å². The fourth-order valence-corrected chi connectivity index (χ4v) is 2.49. The fraction of sp³-hybridized carbons (Fsp3) is 1.00. The van der Waals surface area contributed by atoms with Gasteiger partial charge < -0.3 is 11.1 Å². The summed E-state index contributed by atoms with van der Waals surface area (Å²) in [4.78, 5) is 0. The average Bonchev–Trinajstić information content (AvgIpc) is 2.25. The van der Waals surface area contributed by atoms with Crippen molar-refractivity contribution in [1.82, 2.24) is 5.32 Å². The Kier molecular flexibility index (Phi) is 6.26. The van der Waals surface area contributed by atoms with Gasteiger partial charge in [-0.05, 0) is 24.8 Å². The van der Waals surface area contributed by atoms with Gasteiger partial charge in [0.1, 0.15) is 0 Å². The minimum Gasteiger partial charge on any atom is -0.329 e. The number of rotatable bonds is 6. The molecule has 2 heteroatoms. The van der Waals surface area contributed by atoms with Crippen LogP contribution in [0.4, 0.5) is 0 Å². The summed E-state index contributed by atoms with van der Waals surface area (Å²) in [5.41, 5.74) is 5.81. The first-order valence-corrected chi connectivity index (χ1v) is 6.65. The first-order valence-electron chi connectivity index (χ1n) is 6.65. The molecule has 2 nitrogen and oxygen atoms in total. The van der Waals surface area contributed by atoms with E-state index in [1.54, 1.807) is 0 Å². The van der Waals surface area contributed by atoms with E-state index in [2.05, 4.69) is 19.2 Å². The van der Waals surface area contributed by atoms with Crippen molar-refractivity contribution in [2.75, 3.05) is 13.1 Å². The molecule has 0 amide bonds. The Morgan fingerprint density at radius 3 is 2.40 bits per heavy atom. The summed E-state index contributed by atoms with van der Waals surface area (Å²) in [6.45, 7) is 6.40. The van der Waals surface area contributed by atoms with Crippen LogP contribution in [0.15, 0.2) is 0 Å². The summed E-state index contributed by atoms with van der Waals surface area (Å²) in [6, 6.07) is 0.551. The predicted octanol–water partition coefficient (Wildman–Crippen LogP) is 2.53. The van der Waals surface area contributed by atoms with Crippen LogP contribution < -0.4 is 11.1 Å². The quantitative estimate of drug-likeness (QED) is 0.710. The maximum atomic E-state index is 5.81. The molecule has 0 radical (unpaired) electrons. The van der Waals surface area contributed by atoms with Crippen molar-refractivity contribution in [2.24, 2.45) is 17.6 Å². The van der Waals surface area contributed by atoms with Gasteiger partial charge in [0.2, 0.25) is 0 Å². The fourth-order valence-electron chi connectivity index (χ4n) is 2.49. The third kappa shape index (κ3) is 5.53. The molecule has 0 bridgehead atoms. The Morgan fingerprint density at radius 2 is 1.87 bits per heavy atom. The van der Waals surface area contributed by atoms with Gasteiger partial charge in [-0.3, -0.25) is 0 Å². The Morgan fingerprint density at radius 1 is 1.20 bits per heavy atom. The highest BCUT2D eigenvalue weighted by atomic mass is 14.9. The van der Waals surface area contributed by atoms with Crippen LogP contribution in [-0.4, -0.2) is 19.1 Å². The molecule has 0 aliphatic heterocycles. The zero-order valence-corrected chi connectivity index (χ0v) is 10.5. The molecule has 1 unspecified atom stereocenters. The van der Waals surface area contributed by atoms with Crippen molar-refractivity contribution in [3.05, 3.63) is 0 Å². The highest BCUT2D eigenvalue weighted by Gasteiger charge is 2.17. The molecule has 0 spiro atoms. The lowest BCUT2D eigenvalue weighted by Gasteiger charge is -2.27. The highest BCUT2D eigenvalue weighted by molar-refractivity contribution is 4.75. The molecule has 1 aliphatic rings. The molecule has 3 N–H and O–H groups in total. The molecule has 1 aliphatic carbocycles. The van der Waals surface area contributed by atoms with Crippen LogP contribution in [0.3, 0.4) is 0 Å². The second kappa shape index (κ2) is 7.24. The van der Waals surface area contributed by atoms with Crippen molar-refractivity contribution in [3.8, 4) is 0 Å². The van der Waals surface area contributed by atoms with Crippen LogP contribution in [0.2, 0.25) is 0 Å². The molecule has 1 saturated carbocycles. The molecule has 0 heterocycles. The largest absolute Gasteiger partial charge is 0.329 e. The maximum absolute atomic E-state index is 5.81. The van der Waals surface area contributed by atoms with E-state index in [0.717, 1.165) is 24.9 Å². The van der Waals surface area contributed by atoms with Crippen molar-refractivity contribution in [1.29, 1.82) is 0 Å². The molecule has 0 aromatic rings. The Labute approximate surface area is 95.0 Å². The molecule has 0 saturated heterocycles. The van der Waals surface area contributed by atoms with Crippen LogP contribution >= 0.6 is 0 Å². The lowest BCUT2D eigenvalue weighted by molar-refractivity contribution is 0.295. The van der Waals surface area contributed by atoms with E-state index in [-0.39, 0.29) is 0 Å². The lowest BCUT2D eigenvalue weighted by atomic mass is 9.85. The summed E-state index contributed by atoms with van der Waals surface area (Å²) in [7, 11) is 0. The van der Waals surface area contributed by atoms with Gasteiger partial charge >= 0.3 is 0 Å². The second-order valence-electron chi connectivity index (χ2n) is 5.47. The molecule has 15 heavy (non-hydrogen) atoms. The van der Waals surface area contributed by atoms with E-state index in [1.165, 1.54) is 38.5 Å². The van der Waals surface area contributed by atoms with Crippen molar-refractivity contribution in [2.45, 2.75) is 58.4 Å². The van der Waals surface area contributed by atoms with E-state index < -0.39 is 0 Å². The minimum absolute atomic E-state index is 0.551. The molecular formula is C13H28N2. The number of hydrogen-bond donors (Lipinski definition) is 2. The summed E-state index contributed by atoms with van der Waals surface area (Å²) in [5, 5.41) is 3.59. The van der Waals surface area contributed by atoms with Crippen molar-refractivity contribution in [3.63, 3.8) is 0 Å². The Bertz CT molecular complexity index is 151. The van der Waals surface area contributed by atoms with Gasteiger partial charge in [0.05, 0.1) is 0 Å². The Balaban J connectivity index is 2.19. The molecule has 1 atom stereocenters. The highest BCUT2D eigenvalue weighted by Crippen LogP contribution is 2.27. The number of nitrogens with one attached hydrogen (secondary N) is 1. The molecule has 1 fully saturated rings. The smallest absolute Gasteiger partial charge is 0.0193 e. The lowest BCUT2D eigenvalue weighted by Crippen LogP contribution is -2.39. The number of nitrogens with two attached hydrogens (primary N) is 1. The van der Waals surface area contributed by atoms with E-state index in [4.69, 9.17) is 5.73 Å². The zero-order chi connectivity index (χ0) is 11.1. The van der Waals surface area contributed by atoms with Gasteiger partial charge in [0, 0.05) is 12.6 Å². The molecular weight excluding hydrogens is 184 g/mol. The first-order chi connectivity index (χ1) is 7.22. The van der Waals surface area contributed by atoms with Gasteiger partial charge in [-0.25, -0.2) is 0 Å². The molecule has 0 aromatic heterocycles. The summed E-state index contributed by atoms with van der Waals surface area (Å²) in [6.07, 6.45) is 8.48. The van der Waals surface area contributed by atoms with Crippen LogP contribution in [0.5, 0.6) is 0 Å². The van der Waals surface area contributed by atoms with E-state index in [1.807, 2.05) is 0 Å². The van der Waals surface area contributed by atoms with Crippen LogP contribution in [0.1, 0.15) is 52.4 Å². The van der Waals surface area contributed by atoms with Crippen LogP contribution in [0, 0.1) is 11.8 Å². The monoisotopic (exact) mass is 212 g/mol. The van der Waals surface area contributed by atoms with Crippen LogP contribution in [-0.2, 0) is 0 Å². The number of hydrogen-bond acceptors (Lipinski definition) is 2. The average molecular weight is 212 g/mol. The zero-order valence-electron chi connectivity index (χ0n) is 10.5. The van der Waals surface area contributed by atoms with Gasteiger partial charge in [0.15, 0.2) is 0 Å². The molecule has 1 rings (SSSR count). The van der Waals surface area contributed by atoms with E-state index in [0.29, 0.717) is 6.04 Å². The summed E-state index contributed by atoms with van der Waals surface area (Å²) < 4.78 is 0. The SMILES string of the molecule is CC(C)CNC(CN)CC1CCCCC1. The van der Waals surface area contributed by atoms with E-state index >= 15 is 0 Å². The second-order valence-corrected chi connectivity index (χ2v) is 5.47. The van der Waals surface area contributed by atoms with E-state index in [9.17, 15) is 0 Å².